The van der Waals surface area contributed by atoms with Crippen molar-refractivity contribution in [1.82, 2.24) is 0 Å². The van der Waals surface area contributed by atoms with Crippen LogP contribution in [0.5, 0.6) is 0 Å². The summed E-state index contributed by atoms with van der Waals surface area (Å²) in [5, 5.41) is 0. The summed E-state index contributed by atoms with van der Waals surface area (Å²) >= 11 is 0. The van der Waals surface area contributed by atoms with Crippen LogP contribution in [0.25, 0.3) is 0 Å². The van der Waals surface area contributed by atoms with Gasteiger partial charge in [0.05, 0.1) is 13.0 Å². The zero-order valence-electron chi connectivity index (χ0n) is 11.0. The maximum atomic E-state index is 11.2. The van der Waals surface area contributed by atoms with Gasteiger partial charge in [0.1, 0.15) is 0 Å². The van der Waals surface area contributed by atoms with Crippen LogP contribution in [0.4, 0.5) is 0 Å². The number of unbranched alkanes of at least 4 members (excludes halogenated alkanes) is 1. The fourth-order valence-corrected chi connectivity index (χ4v) is 1.20. The largest absolute Gasteiger partial charge is 0.466 e. The summed E-state index contributed by atoms with van der Waals surface area (Å²) in [6.45, 7) is 2.89. The highest BCUT2D eigenvalue weighted by Crippen LogP contribution is 2.02. The molecule has 0 aliphatic rings. The smallest absolute Gasteiger partial charge is 0.307 e. The Labute approximate surface area is 108 Å². The summed E-state index contributed by atoms with van der Waals surface area (Å²) in [6.07, 6.45) is 2.34. The normalized spacial score (nSPS) is 11.9. The Morgan fingerprint density at radius 1 is 1.17 bits per heavy atom. The van der Waals surface area contributed by atoms with Crippen molar-refractivity contribution in [3.8, 4) is 0 Å². The third-order valence-electron chi connectivity index (χ3n) is 2.26. The molecular weight excluding hydrogens is 236 g/mol. The SMILES string of the molecule is CCCCOC(=O)CCC(N)OC(=O)CCCN. The molecule has 0 saturated carbocycles. The van der Waals surface area contributed by atoms with Crippen molar-refractivity contribution in [1.29, 1.82) is 0 Å². The van der Waals surface area contributed by atoms with Crippen molar-refractivity contribution in [2.75, 3.05) is 13.2 Å². The van der Waals surface area contributed by atoms with Gasteiger partial charge in [-0.05, 0) is 19.4 Å². The van der Waals surface area contributed by atoms with Crippen molar-refractivity contribution in [3.63, 3.8) is 0 Å². The highest BCUT2D eigenvalue weighted by molar-refractivity contribution is 5.70. The van der Waals surface area contributed by atoms with E-state index in [1.165, 1.54) is 0 Å². The first kappa shape index (κ1) is 16.9. The lowest BCUT2D eigenvalue weighted by molar-refractivity contribution is -0.152. The molecule has 6 heteroatoms. The molecule has 4 N–H and O–H groups in total. The number of hydrogen-bond acceptors (Lipinski definition) is 6. The zero-order valence-corrected chi connectivity index (χ0v) is 11.0. The van der Waals surface area contributed by atoms with E-state index in [0.717, 1.165) is 12.8 Å². The maximum Gasteiger partial charge on any atom is 0.307 e. The first-order valence-electron chi connectivity index (χ1n) is 6.40. The zero-order chi connectivity index (χ0) is 13.8. The van der Waals surface area contributed by atoms with Crippen LogP contribution in [0.2, 0.25) is 0 Å². The molecule has 0 aromatic heterocycles. The van der Waals surface area contributed by atoms with Crippen LogP contribution in [0.1, 0.15) is 45.4 Å². The molecule has 0 aromatic rings. The average molecular weight is 260 g/mol. The predicted molar refractivity (Wildman–Crippen MR) is 67.5 cm³/mol. The van der Waals surface area contributed by atoms with Gasteiger partial charge in [-0.15, -0.1) is 0 Å². The Bertz CT molecular complexity index is 246. The monoisotopic (exact) mass is 260 g/mol. The van der Waals surface area contributed by atoms with Gasteiger partial charge in [-0.1, -0.05) is 13.3 Å². The summed E-state index contributed by atoms with van der Waals surface area (Å²) in [7, 11) is 0. The van der Waals surface area contributed by atoms with Crippen molar-refractivity contribution in [2.24, 2.45) is 11.5 Å². The van der Waals surface area contributed by atoms with Gasteiger partial charge in [0.2, 0.25) is 0 Å². The van der Waals surface area contributed by atoms with Crippen LogP contribution >= 0.6 is 0 Å². The Kier molecular flexibility index (Phi) is 10.3. The lowest BCUT2D eigenvalue weighted by atomic mass is 10.3. The van der Waals surface area contributed by atoms with Crippen LogP contribution in [0, 0.1) is 0 Å². The Morgan fingerprint density at radius 3 is 2.50 bits per heavy atom. The van der Waals surface area contributed by atoms with Gasteiger partial charge < -0.3 is 15.2 Å². The highest BCUT2D eigenvalue weighted by Gasteiger charge is 2.12. The fourth-order valence-electron chi connectivity index (χ4n) is 1.20. The average Bonchev–Trinajstić information content (AvgIpc) is 2.34. The molecule has 1 unspecified atom stereocenters. The third-order valence-corrected chi connectivity index (χ3v) is 2.26. The lowest BCUT2D eigenvalue weighted by Gasteiger charge is -2.12. The van der Waals surface area contributed by atoms with Gasteiger partial charge >= 0.3 is 11.9 Å². The van der Waals surface area contributed by atoms with E-state index in [0.29, 0.717) is 19.6 Å². The molecule has 0 amide bonds. The van der Waals surface area contributed by atoms with E-state index in [-0.39, 0.29) is 31.2 Å². The number of nitrogens with two attached hydrogens (primary N) is 2. The van der Waals surface area contributed by atoms with E-state index in [4.69, 9.17) is 20.9 Å². The first-order valence-corrected chi connectivity index (χ1v) is 6.40. The standard InChI is InChI=1S/C12H24N2O4/c1-2-3-9-17-11(15)7-6-10(14)18-12(16)5-4-8-13/h10H,2-9,13-14H2,1H3. The number of rotatable bonds is 10. The first-order chi connectivity index (χ1) is 8.60. The molecule has 6 nitrogen and oxygen atoms in total. The maximum absolute atomic E-state index is 11.2. The predicted octanol–water partition coefficient (Wildman–Crippen LogP) is 0.677. The van der Waals surface area contributed by atoms with Crippen molar-refractivity contribution >= 4 is 11.9 Å². The van der Waals surface area contributed by atoms with Crippen molar-refractivity contribution in [3.05, 3.63) is 0 Å². The molecule has 0 rings (SSSR count). The summed E-state index contributed by atoms with van der Waals surface area (Å²) in [6, 6.07) is 0. The molecule has 0 radical (unpaired) electrons. The van der Waals surface area contributed by atoms with Crippen molar-refractivity contribution in [2.45, 2.75) is 51.7 Å². The summed E-state index contributed by atoms with van der Waals surface area (Å²) in [4.78, 5) is 22.4. The molecule has 0 heterocycles. The van der Waals surface area contributed by atoms with Gasteiger partial charge in [-0.25, -0.2) is 0 Å². The van der Waals surface area contributed by atoms with E-state index in [2.05, 4.69) is 0 Å². The Morgan fingerprint density at radius 2 is 1.89 bits per heavy atom. The van der Waals surface area contributed by atoms with Gasteiger partial charge in [0.25, 0.3) is 0 Å². The molecule has 106 valence electrons. The number of ether oxygens (including phenoxy) is 2. The van der Waals surface area contributed by atoms with Crippen LogP contribution in [0.3, 0.4) is 0 Å². The van der Waals surface area contributed by atoms with E-state index in [1.54, 1.807) is 0 Å². The van der Waals surface area contributed by atoms with Gasteiger partial charge in [0, 0.05) is 12.8 Å². The minimum atomic E-state index is -0.756. The second-order valence-corrected chi connectivity index (χ2v) is 4.03. The van der Waals surface area contributed by atoms with E-state index >= 15 is 0 Å². The summed E-state index contributed by atoms with van der Waals surface area (Å²) in [5.41, 5.74) is 10.8. The van der Waals surface area contributed by atoms with Crippen LogP contribution in [-0.4, -0.2) is 31.3 Å². The van der Waals surface area contributed by atoms with Crippen LogP contribution in [-0.2, 0) is 19.1 Å². The Balaban J connectivity index is 3.59. The number of carbonyl (C=O) groups excluding carboxylic acids is 2. The molecule has 0 spiro atoms. The molecule has 0 aromatic carbocycles. The molecule has 0 aliphatic heterocycles. The number of hydrogen-bond donors (Lipinski definition) is 2. The second-order valence-electron chi connectivity index (χ2n) is 4.03. The topological polar surface area (TPSA) is 105 Å². The minimum absolute atomic E-state index is 0.162. The van der Waals surface area contributed by atoms with Gasteiger partial charge in [0.15, 0.2) is 6.23 Å². The molecule has 0 fully saturated rings. The number of carbonyl (C=O) groups is 2. The van der Waals surface area contributed by atoms with Gasteiger partial charge in [-0.3, -0.25) is 15.3 Å². The minimum Gasteiger partial charge on any atom is -0.466 e. The molecule has 0 saturated heterocycles. The fraction of sp³-hybridized carbons (Fsp3) is 0.833. The summed E-state index contributed by atoms with van der Waals surface area (Å²) in [5.74, 6) is -0.691. The van der Waals surface area contributed by atoms with E-state index in [9.17, 15) is 9.59 Å². The van der Waals surface area contributed by atoms with E-state index < -0.39 is 6.23 Å². The van der Waals surface area contributed by atoms with Gasteiger partial charge in [-0.2, -0.15) is 0 Å². The highest BCUT2D eigenvalue weighted by atomic mass is 16.6. The van der Waals surface area contributed by atoms with E-state index in [1.807, 2.05) is 6.92 Å². The second kappa shape index (κ2) is 11.0. The quantitative estimate of drug-likeness (QED) is 0.340. The molecule has 1 atom stereocenters. The molecule has 18 heavy (non-hydrogen) atoms. The Hall–Kier alpha value is -1.14. The van der Waals surface area contributed by atoms with Crippen molar-refractivity contribution < 1.29 is 19.1 Å². The third kappa shape index (κ3) is 10.0. The summed E-state index contributed by atoms with van der Waals surface area (Å²) < 4.78 is 9.86. The van der Waals surface area contributed by atoms with Crippen LogP contribution < -0.4 is 11.5 Å². The number of esters is 2. The molecule has 0 aliphatic carbocycles. The van der Waals surface area contributed by atoms with Crippen LogP contribution in [0.15, 0.2) is 0 Å². The molecular formula is C12H24N2O4. The lowest BCUT2D eigenvalue weighted by Crippen LogP contribution is -2.28. The molecule has 0 bridgehead atoms.